The lowest BCUT2D eigenvalue weighted by molar-refractivity contribution is -0.125. The van der Waals surface area contributed by atoms with Crippen LogP contribution in [0.3, 0.4) is 0 Å². The van der Waals surface area contributed by atoms with Crippen molar-refractivity contribution in [1.82, 2.24) is 10.3 Å². The standard InChI is InChI=1S/C16H17N3O2S/c1-10-9-18-15(22-10)6-7-17-14(20)8-12-11-4-2-3-5-13(11)19-16(12)21/h2-5,9,12H,6-8H2,1H3,(H,17,20)(H,19,21). The second-order valence-electron chi connectivity index (χ2n) is 5.30. The van der Waals surface area contributed by atoms with Crippen LogP contribution < -0.4 is 10.6 Å². The van der Waals surface area contributed by atoms with Crippen molar-refractivity contribution in [2.45, 2.75) is 25.7 Å². The Labute approximate surface area is 132 Å². The number of anilines is 1. The van der Waals surface area contributed by atoms with E-state index in [1.807, 2.05) is 37.4 Å². The molecule has 2 aromatic rings. The van der Waals surface area contributed by atoms with Gasteiger partial charge in [0.1, 0.15) is 0 Å². The van der Waals surface area contributed by atoms with Crippen molar-refractivity contribution in [3.63, 3.8) is 0 Å². The van der Waals surface area contributed by atoms with Crippen molar-refractivity contribution < 1.29 is 9.59 Å². The number of carbonyl (C=O) groups is 2. The SMILES string of the molecule is Cc1cnc(CCNC(=O)CC2C(=O)Nc3ccccc32)s1. The molecule has 6 heteroatoms. The fraction of sp³-hybridized carbons (Fsp3) is 0.312. The molecular formula is C16H17N3O2S. The van der Waals surface area contributed by atoms with Gasteiger partial charge in [0.15, 0.2) is 0 Å². The summed E-state index contributed by atoms with van der Waals surface area (Å²) in [7, 11) is 0. The number of benzene rings is 1. The van der Waals surface area contributed by atoms with Gasteiger partial charge in [0.25, 0.3) is 0 Å². The second kappa shape index (κ2) is 6.27. The van der Waals surface area contributed by atoms with Crippen molar-refractivity contribution in [3.8, 4) is 0 Å². The van der Waals surface area contributed by atoms with E-state index in [9.17, 15) is 9.59 Å². The normalized spacial score (nSPS) is 16.2. The molecule has 0 radical (unpaired) electrons. The lowest BCUT2D eigenvalue weighted by Gasteiger charge is -2.09. The maximum Gasteiger partial charge on any atom is 0.232 e. The molecule has 0 saturated heterocycles. The number of aryl methyl sites for hydroxylation is 1. The van der Waals surface area contributed by atoms with Crippen LogP contribution in [-0.2, 0) is 16.0 Å². The summed E-state index contributed by atoms with van der Waals surface area (Å²) in [6, 6.07) is 7.51. The first kappa shape index (κ1) is 14.7. The number of aromatic nitrogens is 1. The van der Waals surface area contributed by atoms with Gasteiger partial charge in [0, 0.05) is 36.1 Å². The van der Waals surface area contributed by atoms with Crippen molar-refractivity contribution >= 4 is 28.8 Å². The Morgan fingerprint density at radius 1 is 1.41 bits per heavy atom. The summed E-state index contributed by atoms with van der Waals surface area (Å²) < 4.78 is 0. The molecule has 5 nitrogen and oxygen atoms in total. The predicted molar refractivity (Wildman–Crippen MR) is 86.0 cm³/mol. The summed E-state index contributed by atoms with van der Waals surface area (Å²) in [6.07, 6.45) is 2.74. The molecule has 22 heavy (non-hydrogen) atoms. The van der Waals surface area contributed by atoms with Crippen LogP contribution in [0.25, 0.3) is 0 Å². The van der Waals surface area contributed by atoms with Gasteiger partial charge < -0.3 is 10.6 Å². The quantitative estimate of drug-likeness (QED) is 0.889. The smallest absolute Gasteiger partial charge is 0.232 e. The molecule has 0 aliphatic carbocycles. The van der Waals surface area contributed by atoms with Crippen LogP contribution in [0.2, 0.25) is 0 Å². The average molecular weight is 315 g/mol. The van der Waals surface area contributed by atoms with Crippen molar-refractivity contribution in [2.24, 2.45) is 0 Å². The summed E-state index contributed by atoms with van der Waals surface area (Å²) in [5, 5.41) is 6.69. The van der Waals surface area contributed by atoms with Crippen LogP contribution in [0.1, 0.15) is 27.8 Å². The first-order valence-electron chi connectivity index (χ1n) is 7.21. The zero-order chi connectivity index (χ0) is 15.5. The molecule has 0 spiro atoms. The predicted octanol–water partition coefficient (Wildman–Crippen LogP) is 2.24. The molecule has 2 heterocycles. The van der Waals surface area contributed by atoms with Gasteiger partial charge in [0.2, 0.25) is 11.8 Å². The number of nitrogens with one attached hydrogen (secondary N) is 2. The number of thiazole rings is 1. The zero-order valence-electron chi connectivity index (χ0n) is 12.3. The molecule has 1 aromatic carbocycles. The number of fused-ring (bicyclic) bond motifs is 1. The minimum absolute atomic E-state index is 0.105. The Morgan fingerprint density at radius 3 is 3.00 bits per heavy atom. The topological polar surface area (TPSA) is 71.1 Å². The monoisotopic (exact) mass is 315 g/mol. The number of hydrogen-bond acceptors (Lipinski definition) is 4. The van der Waals surface area contributed by atoms with Gasteiger partial charge in [-0.2, -0.15) is 0 Å². The van der Waals surface area contributed by atoms with Crippen LogP contribution in [0.4, 0.5) is 5.69 Å². The summed E-state index contributed by atoms with van der Waals surface area (Å²) >= 11 is 1.64. The molecule has 1 aliphatic heterocycles. The first-order chi connectivity index (χ1) is 10.6. The van der Waals surface area contributed by atoms with Crippen LogP contribution in [0, 0.1) is 6.92 Å². The highest BCUT2D eigenvalue weighted by molar-refractivity contribution is 7.11. The highest BCUT2D eigenvalue weighted by Crippen LogP contribution is 2.34. The maximum atomic E-state index is 12.0. The molecule has 0 saturated carbocycles. The summed E-state index contributed by atoms with van der Waals surface area (Å²) in [5.74, 6) is -0.602. The summed E-state index contributed by atoms with van der Waals surface area (Å²) in [5.41, 5.74) is 1.71. The van der Waals surface area contributed by atoms with Gasteiger partial charge in [0.05, 0.1) is 10.9 Å². The average Bonchev–Trinajstić information content (AvgIpc) is 3.03. The molecule has 1 aliphatic rings. The minimum Gasteiger partial charge on any atom is -0.356 e. The van der Waals surface area contributed by atoms with Gasteiger partial charge in [-0.05, 0) is 18.6 Å². The lowest BCUT2D eigenvalue weighted by atomic mass is 9.97. The molecule has 2 amide bonds. The molecule has 1 atom stereocenters. The first-order valence-corrected chi connectivity index (χ1v) is 8.03. The molecule has 0 fully saturated rings. The largest absolute Gasteiger partial charge is 0.356 e. The van der Waals surface area contributed by atoms with Crippen molar-refractivity contribution in [2.75, 3.05) is 11.9 Å². The molecule has 114 valence electrons. The molecule has 2 N–H and O–H groups in total. The van der Waals surface area contributed by atoms with E-state index in [2.05, 4.69) is 15.6 Å². The third-order valence-electron chi connectivity index (χ3n) is 3.63. The Balaban J connectivity index is 1.53. The highest BCUT2D eigenvalue weighted by atomic mass is 32.1. The van der Waals surface area contributed by atoms with Gasteiger partial charge >= 0.3 is 0 Å². The summed E-state index contributed by atoms with van der Waals surface area (Å²) in [4.78, 5) is 29.4. The molecule has 3 rings (SSSR count). The fourth-order valence-corrected chi connectivity index (χ4v) is 3.35. The Hall–Kier alpha value is -2.21. The van der Waals surface area contributed by atoms with E-state index in [1.54, 1.807) is 11.3 Å². The number of para-hydroxylation sites is 1. The Morgan fingerprint density at radius 2 is 2.23 bits per heavy atom. The minimum atomic E-state index is -0.390. The maximum absolute atomic E-state index is 12.0. The molecular weight excluding hydrogens is 298 g/mol. The van der Waals surface area contributed by atoms with Gasteiger partial charge in [-0.25, -0.2) is 4.98 Å². The number of hydrogen-bond donors (Lipinski definition) is 2. The molecule has 1 aromatic heterocycles. The second-order valence-corrected chi connectivity index (χ2v) is 6.62. The van der Waals surface area contributed by atoms with Crippen LogP contribution in [0.15, 0.2) is 30.5 Å². The van der Waals surface area contributed by atoms with E-state index in [4.69, 9.17) is 0 Å². The Bertz CT molecular complexity index is 711. The van der Waals surface area contributed by atoms with Crippen LogP contribution in [-0.4, -0.2) is 23.3 Å². The summed E-state index contributed by atoms with van der Waals surface area (Å²) in [6.45, 7) is 2.55. The third-order valence-corrected chi connectivity index (χ3v) is 4.60. The van der Waals surface area contributed by atoms with E-state index in [-0.39, 0.29) is 18.2 Å². The van der Waals surface area contributed by atoms with E-state index >= 15 is 0 Å². The number of nitrogens with zero attached hydrogens (tertiary/aromatic N) is 1. The fourth-order valence-electron chi connectivity index (χ4n) is 2.56. The Kier molecular flexibility index (Phi) is 4.20. The van der Waals surface area contributed by atoms with E-state index in [0.717, 1.165) is 22.7 Å². The molecule has 1 unspecified atom stereocenters. The van der Waals surface area contributed by atoms with E-state index in [0.29, 0.717) is 6.54 Å². The van der Waals surface area contributed by atoms with Gasteiger partial charge in [-0.15, -0.1) is 11.3 Å². The zero-order valence-corrected chi connectivity index (χ0v) is 13.1. The van der Waals surface area contributed by atoms with Crippen molar-refractivity contribution in [1.29, 1.82) is 0 Å². The number of rotatable bonds is 5. The van der Waals surface area contributed by atoms with Crippen LogP contribution >= 0.6 is 11.3 Å². The molecule has 0 bridgehead atoms. The number of carbonyl (C=O) groups excluding carboxylic acids is 2. The lowest BCUT2D eigenvalue weighted by Crippen LogP contribution is -2.28. The third kappa shape index (κ3) is 3.17. The van der Waals surface area contributed by atoms with E-state index in [1.165, 1.54) is 4.88 Å². The van der Waals surface area contributed by atoms with E-state index < -0.39 is 5.92 Å². The highest BCUT2D eigenvalue weighted by Gasteiger charge is 2.31. The van der Waals surface area contributed by atoms with Gasteiger partial charge in [-0.1, -0.05) is 18.2 Å². The van der Waals surface area contributed by atoms with Crippen LogP contribution in [0.5, 0.6) is 0 Å². The van der Waals surface area contributed by atoms with Crippen molar-refractivity contribution in [3.05, 3.63) is 45.9 Å². The number of amides is 2. The van der Waals surface area contributed by atoms with Gasteiger partial charge in [-0.3, -0.25) is 9.59 Å².